The number of rotatable bonds is 8. The predicted molar refractivity (Wildman–Crippen MR) is 144 cm³/mol. The van der Waals surface area contributed by atoms with Crippen LogP contribution in [0.15, 0.2) is 79.2 Å². The van der Waals surface area contributed by atoms with Gasteiger partial charge in [0.05, 0.1) is 21.7 Å². The average molecular weight is 722 g/mol. The molecule has 0 fully saturated rings. The Labute approximate surface area is 219 Å². The maximum atomic E-state index is 12.0. The average Bonchev–Trinajstić information content (AvgIpc) is 2.74. The number of nitrogens with one attached hydrogen (secondary N) is 2. The highest BCUT2D eigenvalue weighted by atomic mass is 127. The molecule has 9 heteroatoms. The summed E-state index contributed by atoms with van der Waals surface area (Å²) in [6.45, 7) is 0.579. The summed E-state index contributed by atoms with van der Waals surface area (Å²) in [5, 5.41) is 7.08. The van der Waals surface area contributed by atoms with Crippen LogP contribution in [0.3, 0.4) is 0 Å². The Balaban J connectivity index is 1.52. The van der Waals surface area contributed by atoms with Crippen molar-refractivity contribution in [3.05, 3.63) is 88.8 Å². The minimum absolute atomic E-state index is 0.133. The molecule has 2 N–H and O–H groups in total. The molecular weight excluding hydrogens is 705 g/mol. The molecule has 0 aliphatic rings. The molecule has 3 aromatic rings. The molecule has 0 atom stereocenters. The van der Waals surface area contributed by atoms with Gasteiger partial charge >= 0.3 is 0 Å². The van der Waals surface area contributed by atoms with Crippen LogP contribution in [0.1, 0.15) is 11.1 Å². The Kier molecular flexibility index (Phi) is 9.36. The van der Waals surface area contributed by atoms with E-state index < -0.39 is 0 Å². The predicted octanol–water partition coefficient (Wildman–Crippen LogP) is 6.72. The number of hydrazone groups is 1. The maximum absolute atomic E-state index is 12.0. The molecule has 31 heavy (non-hydrogen) atoms. The van der Waals surface area contributed by atoms with Crippen molar-refractivity contribution < 1.29 is 9.53 Å². The van der Waals surface area contributed by atoms with Crippen molar-refractivity contribution in [1.29, 1.82) is 0 Å². The van der Waals surface area contributed by atoms with Gasteiger partial charge in [0, 0.05) is 13.7 Å². The lowest BCUT2D eigenvalue weighted by molar-refractivity contribution is -0.119. The van der Waals surface area contributed by atoms with E-state index in [4.69, 9.17) is 4.74 Å². The Morgan fingerprint density at radius 2 is 1.65 bits per heavy atom. The molecular formula is C22H17Br3IN3O2. The molecule has 0 heterocycles. The third-order valence-electron chi connectivity index (χ3n) is 4.02. The number of anilines is 1. The highest BCUT2D eigenvalue weighted by molar-refractivity contribution is 14.1. The van der Waals surface area contributed by atoms with Crippen LogP contribution < -0.4 is 15.5 Å². The smallest absolute Gasteiger partial charge is 0.259 e. The summed E-state index contributed by atoms with van der Waals surface area (Å²) in [5.41, 5.74) is 5.27. The van der Waals surface area contributed by atoms with Gasteiger partial charge in [0.1, 0.15) is 12.4 Å². The molecule has 3 aromatic carbocycles. The zero-order valence-corrected chi connectivity index (χ0v) is 23.0. The second-order valence-corrected chi connectivity index (χ2v) is 10.3. The van der Waals surface area contributed by atoms with Crippen LogP contribution in [0.25, 0.3) is 0 Å². The standard InChI is InChI=1S/C22H17Br3IN3O2/c23-16-3-1-14(2-4-16)13-31-22-19(24)9-15(10-20(22)25)11-28-29-21(30)12-27-18-7-5-17(26)6-8-18/h1-11,27H,12-13H2,(H,29,30)/b28-11-. The fourth-order valence-electron chi connectivity index (χ4n) is 2.50. The molecule has 0 aliphatic heterocycles. The topological polar surface area (TPSA) is 62.7 Å². The largest absolute Gasteiger partial charge is 0.487 e. The molecule has 0 bridgehead atoms. The molecule has 0 spiro atoms. The molecule has 0 unspecified atom stereocenters. The van der Waals surface area contributed by atoms with Crippen molar-refractivity contribution in [3.8, 4) is 5.75 Å². The molecule has 3 rings (SSSR count). The SMILES string of the molecule is O=C(CNc1ccc(I)cc1)N/N=C\c1cc(Br)c(OCc2ccc(Br)cc2)c(Br)c1. The lowest BCUT2D eigenvalue weighted by atomic mass is 10.2. The number of amides is 1. The van der Waals surface area contributed by atoms with Gasteiger partial charge in [0.2, 0.25) is 0 Å². The van der Waals surface area contributed by atoms with Gasteiger partial charge in [-0.15, -0.1) is 0 Å². The minimum atomic E-state index is -0.234. The van der Waals surface area contributed by atoms with E-state index in [2.05, 4.69) is 86.2 Å². The number of ether oxygens (including phenoxy) is 1. The number of carbonyl (C=O) groups excluding carboxylic acids is 1. The second-order valence-electron chi connectivity index (χ2n) is 6.38. The summed E-state index contributed by atoms with van der Waals surface area (Å²) in [7, 11) is 0. The summed E-state index contributed by atoms with van der Waals surface area (Å²) < 4.78 is 9.68. The monoisotopic (exact) mass is 719 g/mol. The van der Waals surface area contributed by atoms with Crippen LogP contribution >= 0.6 is 70.4 Å². The fourth-order valence-corrected chi connectivity index (χ4v) is 4.57. The molecule has 5 nitrogen and oxygen atoms in total. The van der Waals surface area contributed by atoms with Crippen molar-refractivity contribution in [2.75, 3.05) is 11.9 Å². The zero-order valence-electron chi connectivity index (χ0n) is 16.0. The van der Waals surface area contributed by atoms with E-state index in [1.165, 1.54) is 0 Å². The highest BCUT2D eigenvalue weighted by Gasteiger charge is 2.09. The van der Waals surface area contributed by atoms with Gasteiger partial charge in [-0.3, -0.25) is 4.79 Å². The third-order valence-corrected chi connectivity index (χ3v) is 6.44. The van der Waals surface area contributed by atoms with Gasteiger partial charge in [-0.1, -0.05) is 28.1 Å². The van der Waals surface area contributed by atoms with E-state index in [1.54, 1.807) is 6.21 Å². The van der Waals surface area contributed by atoms with E-state index in [1.807, 2.05) is 60.7 Å². The first-order valence-electron chi connectivity index (χ1n) is 9.08. The van der Waals surface area contributed by atoms with Crippen LogP contribution in [-0.4, -0.2) is 18.7 Å². The van der Waals surface area contributed by atoms with E-state index in [0.29, 0.717) is 12.4 Å². The number of hydrogen-bond donors (Lipinski definition) is 2. The van der Waals surface area contributed by atoms with Gasteiger partial charge in [0.15, 0.2) is 0 Å². The maximum Gasteiger partial charge on any atom is 0.259 e. The quantitative estimate of drug-likeness (QED) is 0.154. The van der Waals surface area contributed by atoms with Crippen LogP contribution in [0, 0.1) is 3.57 Å². The third kappa shape index (κ3) is 7.89. The Morgan fingerprint density at radius 3 is 2.29 bits per heavy atom. The van der Waals surface area contributed by atoms with Crippen molar-refractivity contribution in [2.24, 2.45) is 5.10 Å². The van der Waals surface area contributed by atoms with Crippen LogP contribution in [0.5, 0.6) is 5.75 Å². The molecule has 0 radical (unpaired) electrons. The molecule has 0 saturated heterocycles. The van der Waals surface area contributed by atoms with Gasteiger partial charge < -0.3 is 10.1 Å². The first kappa shape index (κ1) is 24.2. The molecule has 160 valence electrons. The number of carbonyl (C=O) groups is 1. The van der Waals surface area contributed by atoms with Crippen LogP contribution in [0.2, 0.25) is 0 Å². The zero-order chi connectivity index (χ0) is 22.2. The van der Waals surface area contributed by atoms with E-state index >= 15 is 0 Å². The first-order valence-corrected chi connectivity index (χ1v) is 12.5. The summed E-state index contributed by atoms with van der Waals surface area (Å²) >= 11 is 12.7. The molecule has 0 aliphatic carbocycles. The van der Waals surface area contributed by atoms with E-state index in [9.17, 15) is 4.79 Å². The first-order chi connectivity index (χ1) is 14.9. The lowest BCUT2D eigenvalue weighted by Gasteiger charge is -2.11. The Bertz CT molecular complexity index is 1050. The summed E-state index contributed by atoms with van der Waals surface area (Å²) in [4.78, 5) is 12.0. The Hall–Kier alpha value is -1.43. The number of benzene rings is 3. The van der Waals surface area contributed by atoms with Crippen molar-refractivity contribution in [1.82, 2.24) is 5.43 Å². The fraction of sp³-hybridized carbons (Fsp3) is 0.0909. The highest BCUT2D eigenvalue weighted by Crippen LogP contribution is 2.35. The van der Waals surface area contributed by atoms with E-state index in [-0.39, 0.29) is 12.5 Å². The van der Waals surface area contributed by atoms with Gasteiger partial charge in [0.25, 0.3) is 5.91 Å². The number of nitrogens with zero attached hydrogens (tertiary/aromatic N) is 1. The van der Waals surface area contributed by atoms with Crippen molar-refractivity contribution >= 4 is 88.2 Å². The van der Waals surface area contributed by atoms with Crippen LogP contribution in [-0.2, 0) is 11.4 Å². The van der Waals surface area contributed by atoms with E-state index in [0.717, 1.165) is 33.8 Å². The van der Waals surface area contributed by atoms with Crippen molar-refractivity contribution in [3.63, 3.8) is 0 Å². The molecule has 1 amide bonds. The second kappa shape index (κ2) is 12.0. The molecule has 0 saturated carbocycles. The Morgan fingerprint density at radius 1 is 1.00 bits per heavy atom. The van der Waals surface area contributed by atoms with Crippen molar-refractivity contribution in [2.45, 2.75) is 6.61 Å². The summed E-state index contributed by atoms with van der Waals surface area (Å²) in [5.74, 6) is 0.466. The number of halogens is 4. The normalized spacial score (nSPS) is 10.8. The lowest BCUT2D eigenvalue weighted by Crippen LogP contribution is -2.25. The molecule has 0 aromatic heterocycles. The summed E-state index contributed by atoms with van der Waals surface area (Å²) in [6, 6.07) is 19.5. The number of hydrogen-bond acceptors (Lipinski definition) is 4. The summed E-state index contributed by atoms with van der Waals surface area (Å²) in [6.07, 6.45) is 1.58. The van der Waals surface area contributed by atoms with Gasteiger partial charge in [-0.25, -0.2) is 5.43 Å². The van der Waals surface area contributed by atoms with Gasteiger partial charge in [-0.05, 0) is 114 Å². The van der Waals surface area contributed by atoms with Gasteiger partial charge in [-0.2, -0.15) is 5.10 Å². The minimum Gasteiger partial charge on any atom is -0.487 e. The van der Waals surface area contributed by atoms with Crippen LogP contribution in [0.4, 0.5) is 5.69 Å².